The number of pyridine rings is 1. The summed E-state index contributed by atoms with van der Waals surface area (Å²) in [4.78, 5) is 18.2. The van der Waals surface area contributed by atoms with Crippen LogP contribution in [0.1, 0.15) is 23.2 Å². The number of aliphatic hydroxyl groups excluding tert-OH is 1. The summed E-state index contributed by atoms with van der Waals surface area (Å²) in [6.45, 7) is 1.92. The Morgan fingerprint density at radius 2 is 1.89 bits per heavy atom. The van der Waals surface area contributed by atoms with Crippen molar-refractivity contribution in [3.8, 4) is 5.75 Å². The Labute approximate surface area is 158 Å². The maximum absolute atomic E-state index is 11.7. The summed E-state index contributed by atoms with van der Waals surface area (Å²) in [7, 11) is 1.36. The number of hydrogen-bond acceptors (Lipinski definition) is 6. The second kappa shape index (κ2) is 7.56. The molecule has 1 aliphatic heterocycles. The van der Waals surface area contributed by atoms with E-state index < -0.39 is 12.1 Å². The first-order valence-corrected chi connectivity index (χ1v) is 9.32. The Morgan fingerprint density at radius 3 is 2.63 bits per heavy atom. The van der Waals surface area contributed by atoms with Gasteiger partial charge in [0.2, 0.25) is 0 Å². The highest BCUT2D eigenvalue weighted by Crippen LogP contribution is 2.39. The van der Waals surface area contributed by atoms with Gasteiger partial charge in [0.15, 0.2) is 0 Å². The first kappa shape index (κ1) is 17.8. The number of carbonyl (C=O) groups is 1. The quantitative estimate of drug-likeness (QED) is 0.836. The Hall–Kier alpha value is -2.60. The topological polar surface area (TPSA) is 71.9 Å². The van der Waals surface area contributed by atoms with E-state index in [-0.39, 0.29) is 6.10 Å². The smallest absolute Gasteiger partial charge is 0.337 e. The number of ether oxygens (including phenoxy) is 2. The third-order valence-corrected chi connectivity index (χ3v) is 5.66. The van der Waals surface area contributed by atoms with Crippen LogP contribution in [0.15, 0.2) is 48.8 Å². The van der Waals surface area contributed by atoms with E-state index in [2.05, 4.69) is 9.88 Å². The predicted octanol–water partition coefficient (Wildman–Crippen LogP) is 2.52. The lowest BCUT2D eigenvalue weighted by molar-refractivity contribution is -0.0231. The van der Waals surface area contributed by atoms with E-state index in [0.29, 0.717) is 23.1 Å². The number of carbonyl (C=O) groups excluding carboxylic acids is 1. The number of aliphatic hydroxyl groups is 1. The molecule has 6 heteroatoms. The monoisotopic (exact) mass is 368 g/mol. The lowest BCUT2D eigenvalue weighted by Gasteiger charge is -2.35. The van der Waals surface area contributed by atoms with Crippen molar-refractivity contribution in [2.45, 2.75) is 25.0 Å². The van der Waals surface area contributed by atoms with E-state index in [1.54, 1.807) is 18.2 Å². The zero-order valence-electron chi connectivity index (χ0n) is 15.3. The van der Waals surface area contributed by atoms with Crippen LogP contribution in [0, 0.1) is 11.8 Å². The molecule has 1 aromatic heterocycles. The van der Waals surface area contributed by atoms with Gasteiger partial charge in [-0.2, -0.15) is 0 Å². The molecule has 1 saturated heterocycles. The van der Waals surface area contributed by atoms with Crippen LogP contribution in [-0.4, -0.2) is 48.5 Å². The highest BCUT2D eigenvalue weighted by atomic mass is 16.5. The van der Waals surface area contributed by atoms with Crippen LogP contribution in [0.25, 0.3) is 0 Å². The number of hydrogen-bond donors (Lipinski definition) is 1. The molecule has 2 aromatic rings. The van der Waals surface area contributed by atoms with Crippen molar-refractivity contribution in [2.24, 2.45) is 11.8 Å². The van der Waals surface area contributed by atoms with Gasteiger partial charge in [-0.1, -0.05) is 6.07 Å². The minimum atomic E-state index is -0.509. The fourth-order valence-corrected chi connectivity index (χ4v) is 4.27. The SMILES string of the molecule is COC(=O)c1cccc(O[C@@H]2C[C@@H]3CN(c4ccncc4)C[C@@H]3C[C@H]2O)c1. The molecule has 2 heterocycles. The van der Waals surface area contributed by atoms with E-state index in [1.807, 2.05) is 30.6 Å². The summed E-state index contributed by atoms with van der Waals surface area (Å²) in [6, 6.07) is 11.0. The molecule has 142 valence electrons. The molecule has 0 unspecified atom stereocenters. The number of nitrogens with zero attached hydrogens (tertiary/aromatic N) is 2. The van der Waals surface area contributed by atoms with Crippen LogP contribution in [0.5, 0.6) is 5.75 Å². The molecule has 1 aromatic carbocycles. The van der Waals surface area contributed by atoms with Gasteiger partial charge in [0.25, 0.3) is 0 Å². The Morgan fingerprint density at radius 1 is 1.15 bits per heavy atom. The van der Waals surface area contributed by atoms with Crippen molar-refractivity contribution in [1.82, 2.24) is 4.98 Å². The third-order valence-electron chi connectivity index (χ3n) is 5.66. The van der Waals surface area contributed by atoms with Gasteiger partial charge < -0.3 is 19.5 Å². The van der Waals surface area contributed by atoms with Crippen LogP contribution in [0.4, 0.5) is 5.69 Å². The predicted molar refractivity (Wildman–Crippen MR) is 101 cm³/mol. The second-order valence-electron chi connectivity index (χ2n) is 7.35. The van der Waals surface area contributed by atoms with Crippen molar-refractivity contribution in [3.05, 3.63) is 54.4 Å². The first-order chi connectivity index (χ1) is 13.1. The number of anilines is 1. The van der Waals surface area contributed by atoms with Crippen molar-refractivity contribution >= 4 is 11.7 Å². The summed E-state index contributed by atoms with van der Waals surface area (Å²) in [5, 5.41) is 10.6. The average molecular weight is 368 g/mol. The molecule has 1 saturated carbocycles. The highest BCUT2D eigenvalue weighted by molar-refractivity contribution is 5.89. The lowest BCUT2D eigenvalue weighted by atomic mass is 9.78. The summed E-state index contributed by atoms with van der Waals surface area (Å²) in [6.07, 6.45) is 4.38. The summed E-state index contributed by atoms with van der Waals surface area (Å²) in [5.41, 5.74) is 1.63. The van der Waals surface area contributed by atoms with Crippen molar-refractivity contribution in [2.75, 3.05) is 25.1 Å². The van der Waals surface area contributed by atoms with E-state index in [9.17, 15) is 9.90 Å². The van der Waals surface area contributed by atoms with Gasteiger partial charge in [-0.25, -0.2) is 4.79 Å². The van der Waals surface area contributed by atoms with Gasteiger partial charge >= 0.3 is 5.97 Å². The number of benzene rings is 1. The normalized spacial score (nSPS) is 27.1. The van der Waals surface area contributed by atoms with E-state index >= 15 is 0 Å². The molecule has 6 nitrogen and oxygen atoms in total. The van der Waals surface area contributed by atoms with Crippen molar-refractivity contribution in [1.29, 1.82) is 0 Å². The van der Waals surface area contributed by atoms with Crippen LogP contribution in [0.3, 0.4) is 0 Å². The lowest BCUT2D eigenvalue weighted by Crippen LogP contribution is -2.42. The van der Waals surface area contributed by atoms with Crippen LogP contribution < -0.4 is 9.64 Å². The molecular weight excluding hydrogens is 344 g/mol. The van der Waals surface area contributed by atoms with Gasteiger partial charge in [0.1, 0.15) is 11.9 Å². The molecular formula is C21H24N2O4. The Kier molecular flexibility index (Phi) is 4.99. The second-order valence-corrected chi connectivity index (χ2v) is 7.35. The van der Waals surface area contributed by atoms with E-state index in [4.69, 9.17) is 9.47 Å². The van der Waals surface area contributed by atoms with E-state index in [1.165, 1.54) is 12.8 Å². The molecule has 2 aliphatic rings. The largest absolute Gasteiger partial charge is 0.488 e. The maximum atomic E-state index is 11.7. The van der Waals surface area contributed by atoms with Gasteiger partial charge in [-0.3, -0.25) is 4.98 Å². The molecule has 4 atom stereocenters. The van der Waals surface area contributed by atoms with Gasteiger partial charge in [0, 0.05) is 31.2 Å². The minimum absolute atomic E-state index is 0.267. The third kappa shape index (κ3) is 3.76. The number of fused-ring (bicyclic) bond motifs is 1. The average Bonchev–Trinajstić information content (AvgIpc) is 3.11. The van der Waals surface area contributed by atoms with Gasteiger partial charge in [-0.15, -0.1) is 0 Å². The minimum Gasteiger partial charge on any atom is -0.488 e. The van der Waals surface area contributed by atoms with Crippen molar-refractivity contribution in [3.63, 3.8) is 0 Å². The molecule has 1 N–H and O–H groups in total. The molecule has 4 rings (SSSR count). The maximum Gasteiger partial charge on any atom is 0.337 e. The molecule has 0 amide bonds. The zero-order valence-corrected chi connectivity index (χ0v) is 15.3. The molecule has 0 bridgehead atoms. The number of esters is 1. The van der Waals surface area contributed by atoms with Gasteiger partial charge in [-0.05, 0) is 55.0 Å². The van der Waals surface area contributed by atoms with Gasteiger partial charge in [0.05, 0.1) is 18.8 Å². The van der Waals surface area contributed by atoms with Crippen LogP contribution in [-0.2, 0) is 4.74 Å². The van der Waals surface area contributed by atoms with Crippen LogP contribution >= 0.6 is 0 Å². The summed E-state index contributed by atoms with van der Waals surface area (Å²) in [5.74, 6) is 1.14. The van der Waals surface area contributed by atoms with Crippen LogP contribution in [0.2, 0.25) is 0 Å². The highest BCUT2D eigenvalue weighted by Gasteiger charge is 2.42. The fourth-order valence-electron chi connectivity index (χ4n) is 4.27. The van der Waals surface area contributed by atoms with E-state index in [0.717, 1.165) is 25.9 Å². The molecule has 0 radical (unpaired) electrons. The Balaban J connectivity index is 1.43. The fraction of sp³-hybridized carbons (Fsp3) is 0.429. The Bertz CT molecular complexity index is 798. The zero-order chi connectivity index (χ0) is 18.8. The molecule has 2 fully saturated rings. The molecule has 0 spiro atoms. The summed E-state index contributed by atoms with van der Waals surface area (Å²) < 4.78 is 10.8. The first-order valence-electron chi connectivity index (χ1n) is 9.32. The number of methoxy groups -OCH3 is 1. The molecule has 27 heavy (non-hydrogen) atoms. The molecule has 1 aliphatic carbocycles. The van der Waals surface area contributed by atoms with Crippen molar-refractivity contribution < 1.29 is 19.4 Å². The number of aromatic nitrogens is 1. The standard InChI is InChI=1S/C21H24N2O4/c1-26-21(25)14-3-2-4-18(9-14)27-20-11-16-13-23(12-15(16)10-19(20)24)17-5-7-22-8-6-17/h2-9,15-16,19-20,24H,10-13H2,1H3/t15-,16+,19+,20+/m0/s1. The number of rotatable bonds is 4. The summed E-state index contributed by atoms with van der Waals surface area (Å²) >= 11 is 0.